The van der Waals surface area contributed by atoms with Crippen LogP contribution in [0.5, 0.6) is 0 Å². The molecule has 27 heavy (non-hydrogen) atoms. The normalized spacial score (nSPS) is 11.3. The molecule has 0 N–H and O–H groups in total. The lowest BCUT2D eigenvalue weighted by molar-refractivity contribution is 0.703. The fourth-order valence-electron chi connectivity index (χ4n) is 3.21. The van der Waals surface area contributed by atoms with Crippen LogP contribution in [0.15, 0.2) is 44.9 Å². The highest BCUT2D eigenvalue weighted by atomic mass is 32.2. The van der Waals surface area contributed by atoms with E-state index in [9.17, 15) is 9.59 Å². The maximum Gasteiger partial charge on any atom is 0.332 e. The fraction of sp³-hybridized carbons (Fsp3) is 0.381. The molecule has 0 radical (unpaired) electrons. The molecule has 0 bridgehead atoms. The van der Waals surface area contributed by atoms with Gasteiger partial charge in [-0.1, -0.05) is 43.2 Å². The first-order valence-electron chi connectivity index (χ1n) is 9.20. The second kappa shape index (κ2) is 8.13. The topological polar surface area (TPSA) is 56.9 Å². The van der Waals surface area contributed by atoms with Gasteiger partial charge in [0.15, 0.2) is 0 Å². The van der Waals surface area contributed by atoms with Crippen molar-refractivity contribution in [1.29, 1.82) is 0 Å². The molecule has 0 atom stereocenters. The quantitative estimate of drug-likeness (QED) is 0.611. The molecule has 0 unspecified atom stereocenters. The first-order chi connectivity index (χ1) is 12.9. The third-order valence-corrected chi connectivity index (χ3v) is 5.99. The third-order valence-electron chi connectivity index (χ3n) is 4.76. The molecular formula is C21H25N3O2S. The van der Waals surface area contributed by atoms with E-state index in [1.54, 1.807) is 18.8 Å². The van der Waals surface area contributed by atoms with E-state index in [4.69, 9.17) is 0 Å². The number of benzene rings is 1. The van der Waals surface area contributed by atoms with Gasteiger partial charge in [0, 0.05) is 30.9 Å². The molecule has 0 saturated carbocycles. The molecule has 0 aliphatic carbocycles. The van der Waals surface area contributed by atoms with Gasteiger partial charge in [0.05, 0.1) is 5.39 Å². The van der Waals surface area contributed by atoms with Crippen molar-refractivity contribution in [3.63, 3.8) is 0 Å². The zero-order valence-corrected chi connectivity index (χ0v) is 17.1. The standard InChI is InChI=1S/C21H25N3O2S/c1-5-6-10-16-12-22-19-17(20(25)24(4)21(26)23(19)3)18(16)27-13-15-9-7-8-14(2)11-15/h7-9,11-12H,5-6,10,13H2,1-4H3. The number of aromatic nitrogens is 3. The van der Waals surface area contributed by atoms with E-state index in [1.807, 2.05) is 6.20 Å². The van der Waals surface area contributed by atoms with Gasteiger partial charge in [0.1, 0.15) is 5.65 Å². The summed E-state index contributed by atoms with van der Waals surface area (Å²) < 4.78 is 2.63. The van der Waals surface area contributed by atoms with Gasteiger partial charge in [-0.2, -0.15) is 0 Å². The number of hydrogen-bond acceptors (Lipinski definition) is 4. The SMILES string of the molecule is CCCCc1cnc2c(c1SCc1cccc(C)c1)c(=O)n(C)c(=O)n2C. The highest BCUT2D eigenvalue weighted by Crippen LogP contribution is 2.31. The van der Waals surface area contributed by atoms with E-state index in [2.05, 4.69) is 43.1 Å². The monoisotopic (exact) mass is 383 g/mol. The third kappa shape index (κ3) is 3.86. The van der Waals surface area contributed by atoms with Crippen molar-refractivity contribution in [2.45, 2.75) is 43.8 Å². The molecular weight excluding hydrogens is 358 g/mol. The Balaban J connectivity index is 2.16. The van der Waals surface area contributed by atoms with Crippen LogP contribution in [0.3, 0.4) is 0 Å². The van der Waals surface area contributed by atoms with Gasteiger partial charge < -0.3 is 0 Å². The second-order valence-corrected chi connectivity index (χ2v) is 7.88. The van der Waals surface area contributed by atoms with E-state index < -0.39 is 0 Å². The maximum atomic E-state index is 12.9. The number of aryl methyl sites for hydroxylation is 3. The summed E-state index contributed by atoms with van der Waals surface area (Å²) in [4.78, 5) is 30.6. The number of hydrogen-bond donors (Lipinski definition) is 0. The fourth-order valence-corrected chi connectivity index (χ4v) is 4.36. The molecule has 2 aromatic heterocycles. The molecule has 0 spiro atoms. The molecule has 3 rings (SSSR count). The van der Waals surface area contributed by atoms with Crippen LogP contribution in [0.25, 0.3) is 11.0 Å². The lowest BCUT2D eigenvalue weighted by Gasteiger charge is -2.14. The second-order valence-electron chi connectivity index (χ2n) is 6.90. The summed E-state index contributed by atoms with van der Waals surface area (Å²) in [5, 5.41) is 0.547. The van der Waals surface area contributed by atoms with E-state index >= 15 is 0 Å². The number of nitrogens with zero attached hydrogens (tertiary/aromatic N) is 3. The molecule has 5 nitrogen and oxygen atoms in total. The first kappa shape index (κ1) is 19.4. The Morgan fingerprint density at radius 1 is 1.15 bits per heavy atom. The zero-order valence-electron chi connectivity index (χ0n) is 16.3. The van der Waals surface area contributed by atoms with Crippen molar-refractivity contribution < 1.29 is 0 Å². The summed E-state index contributed by atoms with van der Waals surface area (Å²) in [6, 6.07) is 8.39. The largest absolute Gasteiger partial charge is 0.332 e. The zero-order chi connectivity index (χ0) is 19.6. The van der Waals surface area contributed by atoms with Crippen LogP contribution in [0.1, 0.15) is 36.5 Å². The molecule has 2 heterocycles. The van der Waals surface area contributed by atoms with Gasteiger partial charge in [-0.05, 0) is 30.9 Å². The van der Waals surface area contributed by atoms with Crippen molar-refractivity contribution in [3.05, 3.63) is 68.0 Å². The minimum absolute atomic E-state index is 0.273. The first-order valence-corrected chi connectivity index (χ1v) is 10.2. The Labute approximate surface area is 163 Å². The van der Waals surface area contributed by atoms with Crippen molar-refractivity contribution in [1.82, 2.24) is 14.1 Å². The van der Waals surface area contributed by atoms with Gasteiger partial charge in [0.2, 0.25) is 0 Å². The van der Waals surface area contributed by atoms with Crippen LogP contribution in [0.2, 0.25) is 0 Å². The summed E-state index contributed by atoms with van der Waals surface area (Å²) in [5.41, 5.74) is 3.35. The van der Waals surface area contributed by atoms with Crippen molar-refractivity contribution in [2.75, 3.05) is 0 Å². The van der Waals surface area contributed by atoms with Crippen molar-refractivity contribution >= 4 is 22.8 Å². The Hall–Kier alpha value is -2.34. The summed E-state index contributed by atoms with van der Waals surface area (Å²) in [6.45, 7) is 4.23. The highest BCUT2D eigenvalue weighted by Gasteiger charge is 2.17. The van der Waals surface area contributed by atoms with E-state index in [0.29, 0.717) is 11.0 Å². The Morgan fingerprint density at radius 2 is 1.93 bits per heavy atom. The minimum Gasteiger partial charge on any atom is -0.280 e. The van der Waals surface area contributed by atoms with Gasteiger partial charge in [-0.15, -0.1) is 11.8 Å². The van der Waals surface area contributed by atoms with Crippen LogP contribution in [0, 0.1) is 6.92 Å². The number of rotatable bonds is 6. The molecule has 0 aliphatic rings. The molecule has 142 valence electrons. The van der Waals surface area contributed by atoms with E-state index in [-0.39, 0.29) is 11.2 Å². The number of thioether (sulfide) groups is 1. The van der Waals surface area contributed by atoms with Gasteiger partial charge in [-0.25, -0.2) is 9.78 Å². The molecule has 6 heteroatoms. The summed E-state index contributed by atoms with van der Waals surface area (Å²) in [7, 11) is 3.19. The molecule has 0 amide bonds. The van der Waals surface area contributed by atoms with E-state index in [0.717, 1.165) is 35.5 Å². The Morgan fingerprint density at radius 3 is 2.63 bits per heavy atom. The summed E-state index contributed by atoms with van der Waals surface area (Å²) in [6.07, 6.45) is 4.82. The average molecular weight is 384 g/mol. The predicted molar refractivity (Wildman–Crippen MR) is 112 cm³/mol. The molecule has 0 aliphatic heterocycles. The van der Waals surface area contributed by atoms with Crippen molar-refractivity contribution in [3.8, 4) is 0 Å². The van der Waals surface area contributed by atoms with Crippen LogP contribution in [0.4, 0.5) is 0 Å². The predicted octanol–water partition coefficient (Wildman–Crippen LogP) is 3.58. The molecule has 0 fully saturated rings. The number of unbranched alkanes of at least 4 members (excludes halogenated alkanes) is 1. The lowest BCUT2D eigenvalue weighted by atomic mass is 10.1. The molecule has 3 aromatic rings. The molecule has 1 aromatic carbocycles. The maximum absolute atomic E-state index is 12.9. The van der Waals surface area contributed by atoms with Crippen LogP contribution >= 0.6 is 11.8 Å². The Kier molecular flexibility index (Phi) is 5.85. The molecule has 0 saturated heterocycles. The van der Waals surface area contributed by atoms with Crippen LogP contribution in [-0.4, -0.2) is 14.1 Å². The number of fused-ring (bicyclic) bond motifs is 1. The average Bonchev–Trinajstić information content (AvgIpc) is 2.67. The van der Waals surface area contributed by atoms with Gasteiger partial charge in [-0.3, -0.25) is 13.9 Å². The highest BCUT2D eigenvalue weighted by molar-refractivity contribution is 7.98. The van der Waals surface area contributed by atoms with E-state index in [1.165, 1.54) is 27.3 Å². The minimum atomic E-state index is -0.351. The van der Waals surface area contributed by atoms with Crippen LogP contribution < -0.4 is 11.2 Å². The van der Waals surface area contributed by atoms with Crippen molar-refractivity contribution in [2.24, 2.45) is 14.1 Å². The van der Waals surface area contributed by atoms with Crippen LogP contribution in [-0.2, 0) is 26.3 Å². The summed E-state index contributed by atoms with van der Waals surface area (Å²) in [5.74, 6) is 0.770. The lowest BCUT2D eigenvalue weighted by Crippen LogP contribution is -2.37. The van der Waals surface area contributed by atoms with Gasteiger partial charge in [0.25, 0.3) is 5.56 Å². The Bertz CT molecular complexity index is 1100. The van der Waals surface area contributed by atoms with Gasteiger partial charge >= 0.3 is 5.69 Å². The smallest absolute Gasteiger partial charge is 0.280 e. The summed E-state index contributed by atoms with van der Waals surface area (Å²) >= 11 is 1.66. The number of pyridine rings is 1.